The summed E-state index contributed by atoms with van der Waals surface area (Å²) < 4.78 is 0. The van der Waals surface area contributed by atoms with E-state index >= 15 is 0 Å². The molecule has 0 unspecified atom stereocenters. The van der Waals surface area contributed by atoms with Crippen LogP contribution in [0.15, 0.2) is 24.3 Å². The predicted molar refractivity (Wildman–Crippen MR) is 119 cm³/mol. The Morgan fingerprint density at radius 2 is 1.77 bits per heavy atom. The van der Waals surface area contributed by atoms with Crippen LogP contribution in [0.5, 0.6) is 0 Å². The molecule has 0 N–H and O–H groups in total. The van der Waals surface area contributed by atoms with Crippen molar-refractivity contribution in [1.29, 1.82) is 5.26 Å². The van der Waals surface area contributed by atoms with Gasteiger partial charge in [0.2, 0.25) is 11.8 Å². The summed E-state index contributed by atoms with van der Waals surface area (Å²) in [6.45, 7) is 11.1. The van der Waals surface area contributed by atoms with E-state index in [0.29, 0.717) is 24.8 Å². The van der Waals surface area contributed by atoms with Gasteiger partial charge in [-0.15, -0.1) is 0 Å². The molecule has 164 valence electrons. The van der Waals surface area contributed by atoms with Gasteiger partial charge in [0.1, 0.15) is 0 Å². The fraction of sp³-hybridized carbons (Fsp3) is 0.625. The minimum Gasteiger partial charge on any atom is -0.343 e. The Hall–Kier alpha value is -2.39. The molecule has 6 heteroatoms. The van der Waals surface area contributed by atoms with Gasteiger partial charge in [-0.2, -0.15) is 5.26 Å². The van der Waals surface area contributed by atoms with E-state index in [9.17, 15) is 9.59 Å². The van der Waals surface area contributed by atoms with Crippen LogP contribution < -0.4 is 0 Å². The first-order valence-electron chi connectivity index (χ1n) is 11.3. The Morgan fingerprint density at radius 1 is 1.10 bits per heavy atom. The van der Waals surface area contributed by atoms with E-state index < -0.39 is 0 Å². The van der Waals surface area contributed by atoms with Gasteiger partial charge in [-0.1, -0.05) is 26.0 Å². The summed E-state index contributed by atoms with van der Waals surface area (Å²) in [5.41, 5.74) is 1.86. The highest BCUT2D eigenvalue weighted by molar-refractivity contribution is 5.79. The second-order valence-corrected chi connectivity index (χ2v) is 8.21. The van der Waals surface area contributed by atoms with Crippen molar-refractivity contribution in [3.8, 4) is 6.07 Å². The van der Waals surface area contributed by atoms with Crippen molar-refractivity contribution in [3.05, 3.63) is 35.4 Å². The number of nitrogens with zero attached hydrogens (tertiary/aromatic N) is 4. The zero-order valence-corrected chi connectivity index (χ0v) is 18.8. The fourth-order valence-electron chi connectivity index (χ4n) is 4.08. The lowest BCUT2D eigenvalue weighted by Crippen LogP contribution is -2.53. The van der Waals surface area contributed by atoms with Crippen molar-refractivity contribution in [2.45, 2.75) is 65.5 Å². The normalized spacial score (nSPS) is 16.9. The number of nitriles is 1. The number of carbonyl (C=O) groups is 2. The van der Waals surface area contributed by atoms with E-state index in [-0.39, 0.29) is 17.9 Å². The minimum absolute atomic E-state index is 0.158. The first-order chi connectivity index (χ1) is 14.5. The van der Waals surface area contributed by atoms with Crippen LogP contribution in [-0.2, 0) is 16.1 Å². The van der Waals surface area contributed by atoms with Gasteiger partial charge >= 0.3 is 0 Å². The largest absolute Gasteiger partial charge is 0.343 e. The molecule has 2 rings (SSSR count). The number of rotatable bonds is 10. The van der Waals surface area contributed by atoms with Gasteiger partial charge in [0.25, 0.3) is 0 Å². The number of hydrogen-bond acceptors (Lipinski definition) is 4. The quantitative estimate of drug-likeness (QED) is 0.591. The monoisotopic (exact) mass is 412 g/mol. The molecule has 2 amide bonds. The highest BCUT2D eigenvalue weighted by Crippen LogP contribution is 2.16. The topological polar surface area (TPSA) is 67.7 Å². The SMILES string of the molecule is CCCN(CCC)C(=O)CCCC(=O)N1CCN(Cc2ccc(C#N)cc2)C[C@H]1C. The lowest BCUT2D eigenvalue weighted by Gasteiger charge is -2.40. The summed E-state index contributed by atoms with van der Waals surface area (Å²) >= 11 is 0. The van der Waals surface area contributed by atoms with Crippen LogP contribution in [0.3, 0.4) is 0 Å². The summed E-state index contributed by atoms with van der Waals surface area (Å²) in [6.07, 6.45) is 3.46. The van der Waals surface area contributed by atoms with Crippen LogP contribution in [0.2, 0.25) is 0 Å². The third-order valence-corrected chi connectivity index (χ3v) is 5.64. The second kappa shape index (κ2) is 12.3. The Kier molecular flexibility index (Phi) is 9.82. The van der Waals surface area contributed by atoms with E-state index in [1.807, 2.05) is 34.1 Å². The molecule has 1 heterocycles. The van der Waals surface area contributed by atoms with Crippen molar-refractivity contribution >= 4 is 11.8 Å². The van der Waals surface area contributed by atoms with Gasteiger partial charge in [0, 0.05) is 58.2 Å². The van der Waals surface area contributed by atoms with Gasteiger partial charge in [-0.25, -0.2) is 0 Å². The fourth-order valence-corrected chi connectivity index (χ4v) is 4.08. The summed E-state index contributed by atoms with van der Waals surface area (Å²) in [6, 6.07) is 10.0. The van der Waals surface area contributed by atoms with Crippen LogP contribution in [0, 0.1) is 11.3 Å². The van der Waals surface area contributed by atoms with Crippen molar-refractivity contribution in [1.82, 2.24) is 14.7 Å². The van der Waals surface area contributed by atoms with Crippen LogP contribution >= 0.6 is 0 Å². The first-order valence-corrected chi connectivity index (χ1v) is 11.3. The standard InChI is InChI=1S/C24H36N4O2/c1-4-13-27(14-5-2)23(29)7-6-8-24(30)28-16-15-26(18-20(28)3)19-22-11-9-21(17-25)10-12-22/h9-12,20H,4-8,13-16,18-19H2,1-3H3/t20-/m1/s1. The van der Waals surface area contributed by atoms with Gasteiger partial charge in [-0.05, 0) is 43.9 Å². The average Bonchev–Trinajstić information content (AvgIpc) is 2.74. The van der Waals surface area contributed by atoms with Crippen molar-refractivity contribution in [3.63, 3.8) is 0 Å². The number of hydrogen-bond donors (Lipinski definition) is 0. The molecule has 1 aromatic rings. The van der Waals surface area contributed by atoms with E-state index in [1.54, 1.807) is 0 Å². The summed E-state index contributed by atoms with van der Waals surface area (Å²) in [7, 11) is 0. The van der Waals surface area contributed by atoms with Crippen molar-refractivity contribution < 1.29 is 9.59 Å². The molecule has 1 aromatic carbocycles. The van der Waals surface area contributed by atoms with E-state index in [4.69, 9.17) is 5.26 Å². The molecule has 0 radical (unpaired) electrons. The Morgan fingerprint density at radius 3 is 2.33 bits per heavy atom. The molecule has 1 aliphatic heterocycles. The molecule has 1 atom stereocenters. The molecule has 1 aliphatic rings. The van der Waals surface area contributed by atoms with Gasteiger partial charge in [-0.3, -0.25) is 14.5 Å². The molecular formula is C24H36N4O2. The van der Waals surface area contributed by atoms with Crippen molar-refractivity contribution in [2.24, 2.45) is 0 Å². The van der Waals surface area contributed by atoms with E-state index in [2.05, 4.69) is 31.7 Å². The van der Waals surface area contributed by atoms with Crippen LogP contribution in [-0.4, -0.2) is 65.3 Å². The Labute approximate surface area is 181 Å². The summed E-state index contributed by atoms with van der Waals surface area (Å²) in [4.78, 5) is 31.3. The zero-order chi connectivity index (χ0) is 21.9. The molecule has 6 nitrogen and oxygen atoms in total. The molecule has 30 heavy (non-hydrogen) atoms. The molecule has 0 aromatic heterocycles. The molecule has 0 aliphatic carbocycles. The summed E-state index contributed by atoms with van der Waals surface area (Å²) in [5, 5.41) is 8.91. The van der Waals surface area contributed by atoms with Gasteiger partial charge < -0.3 is 9.80 Å². The van der Waals surface area contributed by atoms with Crippen LogP contribution in [0.1, 0.15) is 64.0 Å². The third-order valence-electron chi connectivity index (χ3n) is 5.64. The molecule has 1 fully saturated rings. The molecule has 0 saturated carbocycles. The zero-order valence-electron chi connectivity index (χ0n) is 18.8. The smallest absolute Gasteiger partial charge is 0.222 e. The van der Waals surface area contributed by atoms with Crippen LogP contribution in [0.25, 0.3) is 0 Å². The first kappa shape index (κ1) is 23.9. The Balaban J connectivity index is 1.76. The molecule has 0 bridgehead atoms. The number of amides is 2. The third kappa shape index (κ3) is 7.14. The van der Waals surface area contributed by atoms with E-state index in [1.165, 1.54) is 5.56 Å². The molecule has 1 saturated heterocycles. The molecule has 0 spiro atoms. The lowest BCUT2D eigenvalue weighted by atomic mass is 10.1. The lowest BCUT2D eigenvalue weighted by molar-refractivity contribution is -0.136. The maximum absolute atomic E-state index is 12.7. The maximum Gasteiger partial charge on any atom is 0.222 e. The van der Waals surface area contributed by atoms with E-state index in [0.717, 1.165) is 52.1 Å². The predicted octanol–water partition coefficient (Wildman–Crippen LogP) is 3.41. The highest BCUT2D eigenvalue weighted by Gasteiger charge is 2.27. The number of carbonyl (C=O) groups excluding carboxylic acids is 2. The van der Waals surface area contributed by atoms with Gasteiger partial charge in [0.05, 0.1) is 11.6 Å². The Bertz CT molecular complexity index is 720. The summed E-state index contributed by atoms with van der Waals surface area (Å²) in [5.74, 6) is 0.331. The van der Waals surface area contributed by atoms with Gasteiger partial charge in [0.15, 0.2) is 0 Å². The van der Waals surface area contributed by atoms with Crippen molar-refractivity contribution in [2.75, 3.05) is 32.7 Å². The number of benzene rings is 1. The number of piperazine rings is 1. The molecular weight excluding hydrogens is 376 g/mol. The maximum atomic E-state index is 12.7. The van der Waals surface area contributed by atoms with Crippen LogP contribution in [0.4, 0.5) is 0 Å². The minimum atomic E-state index is 0.158. The second-order valence-electron chi connectivity index (χ2n) is 8.21. The highest BCUT2D eigenvalue weighted by atomic mass is 16.2. The average molecular weight is 413 g/mol.